The molecule has 0 spiro atoms. The van der Waals surface area contributed by atoms with E-state index in [-0.39, 0.29) is 22.7 Å². The fourth-order valence-electron chi connectivity index (χ4n) is 1.98. The first-order valence-corrected chi connectivity index (χ1v) is 8.09. The lowest BCUT2D eigenvalue weighted by atomic mass is 9.91. The number of hydrogen-bond donors (Lipinski definition) is 0. The number of nitrogens with zero attached hydrogens (tertiary/aromatic N) is 1. The summed E-state index contributed by atoms with van der Waals surface area (Å²) in [7, 11) is 1.62. The van der Waals surface area contributed by atoms with Crippen LogP contribution >= 0.6 is 31.9 Å². The second kappa shape index (κ2) is 7.53. The summed E-state index contributed by atoms with van der Waals surface area (Å²) < 4.78 is 17.2. The van der Waals surface area contributed by atoms with Crippen molar-refractivity contribution in [2.45, 2.75) is 23.5 Å². The predicted molar refractivity (Wildman–Crippen MR) is 84.2 cm³/mol. The third-order valence-corrected chi connectivity index (χ3v) is 4.73. The van der Waals surface area contributed by atoms with Gasteiger partial charge in [0.1, 0.15) is 18.0 Å². The van der Waals surface area contributed by atoms with Crippen LogP contribution in [0.4, 0.5) is 5.69 Å². The summed E-state index contributed by atoms with van der Waals surface area (Å²) in [4.78, 5) is 10.6. The summed E-state index contributed by atoms with van der Waals surface area (Å²) >= 11 is 6.86. The van der Waals surface area contributed by atoms with Crippen LogP contribution in [-0.4, -0.2) is 42.3 Å². The van der Waals surface area contributed by atoms with Gasteiger partial charge in [-0.3, -0.25) is 10.1 Å². The number of hydrogen-bond acceptors (Lipinski definition) is 5. The van der Waals surface area contributed by atoms with Crippen molar-refractivity contribution in [3.05, 3.63) is 32.8 Å². The molecule has 1 aromatic rings. The van der Waals surface area contributed by atoms with Gasteiger partial charge in [-0.2, -0.15) is 0 Å². The average Bonchev–Trinajstić information content (AvgIpc) is 2.44. The molecule has 2 rings (SSSR count). The molecule has 0 aliphatic heterocycles. The fourth-order valence-corrected chi connectivity index (χ4v) is 3.18. The minimum Gasteiger partial charge on any atom is -0.486 e. The minimum atomic E-state index is -0.445. The zero-order valence-corrected chi connectivity index (χ0v) is 14.5. The van der Waals surface area contributed by atoms with Crippen LogP contribution in [0.5, 0.6) is 5.75 Å². The van der Waals surface area contributed by atoms with Gasteiger partial charge in [0.05, 0.1) is 28.7 Å². The van der Waals surface area contributed by atoms with E-state index in [1.165, 1.54) is 12.1 Å². The van der Waals surface area contributed by atoms with Crippen molar-refractivity contribution in [3.63, 3.8) is 0 Å². The number of nitro groups is 1. The first kappa shape index (κ1) is 16.7. The van der Waals surface area contributed by atoms with Crippen molar-refractivity contribution in [3.8, 4) is 5.75 Å². The van der Waals surface area contributed by atoms with Crippen molar-refractivity contribution in [1.82, 2.24) is 0 Å². The highest BCUT2D eigenvalue weighted by atomic mass is 79.9. The van der Waals surface area contributed by atoms with Gasteiger partial charge in [-0.1, -0.05) is 15.9 Å². The average molecular weight is 425 g/mol. The summed E-state index contributed by atoms with van der Waals surface area (Å²) in [6.07, 6.45) is 0.558. The van der Waals surface area contributed by atoms with Gasteiger partial charge in [-0.05, 0) is 22.0 Å². The van der Waals surface area contributed by atoms with Gasteiger partial charge < -0.3 is 14.2 Å². The standard InChI is InChI=1S/C13H15Br2NO5/c1-19-4-5-20-13-10(15)7-12(13)21-11-6-8(16(17)18)2-3-9(11)14/h2-3,6,10,12-13H,4-5,7H2,1H3. The van der Waals surface area contributed by atoms with Gasteiger partial charge in [0.15, 0.2) is 0 Å². The van der Waals surface area contributed by atoms with Crippen LogP contribution in [0.25, 0.3) is 0 Å². The maximum Gasteiger partial charge on any atom is 0.273 e. The highest BCUT2D eigenvalue weighted by Crippen LogP contribution is 2.37. The molecule has 1 fully saturated rings. The molecule has 0 heterocycles. The summed E-state index contributed by atoms with van der Waals surface area (Å²) in [5.74, 6) is 0.453. The second-order valence-corrected chi connectivity index (χ2v) is 6.64. The molecule has 1 aliphatic rings. The van der Waals surface area contributed by atoms with Crippen molar-refractivity contribution in [2.75, 3.05) is 20.3 Å². The number of nitro benzene ring substituents is 1. The van der Waals surface area contributed by atoms with Gasteiger partial charge >= 0.3 is 0 Å². The lowest BCUT2D eigenvalue weighted by Crippen LogP contribution is -2.52. The van der Waals surface area contributed by atoms with Crippen molar-refractivity contribution in [1.29, 1.82) is 0 Å². The lowest BCUT2D eigenvalue weighted by Gasteiger charge is -2.41. The largest absolute Gasteiger partial charge is 0.486 e. The van der Waals surface area contributed by atoms with Crippen LogP contribution in [-0.2, 0) is 9.47 Å². The quantitative estimate of drug-likeness (QED) is 0.290. The molecule has 3 atom stereocenters. The molecule has 0 N–H and O–H groups in total. The van der Waals surface area contributed by atoms with E-state index < -0.39 is 4.92 Å². The SMILES string of the molecule is COCCOC1C(Br)CC1Oc1cc([N+](=O)[O-])ccc1Br. The molecule has 0 amide bonds. The summed E-state index contributed by atoms with van der Waals surface area (Å²) in [6.45, 7) is 1.00. The monoisotopic (exact) mass is 423 g/mol. The number of non-ortho nitro benzene ring substituents is 1. The number of rotatable bonds is 7. The van der Waals surface area contributed by atoms with Gasteiger partial charge in [0.2, 0.25) is 0 Å². The zero-order chi connectivity index (χ0) is 15.4. The van der Waals surface area contributed by atoms with E-state index in [4.69, 9.17) is 14.2 Å². The molecular formula is C13H15Br2NO5. The van der Waals surface area contributed by atoms with Gasteiger partial charge in [0.25, 0.3) is 5.69 Å². The maximum absolute atomic E-state index is 10.8. The molecule has 1 aromatic carbocycles. The topological polar surface area (TPSA) is 70.8 Å². The predicted octanol–water partition coefficient (Wildman–Crippen LogP) is 3.30. The first-order valence-electron chi connectivity index (χ1n) is 6.38. The molecule has 8 heteroatoms. The minimum absolute atomic E-state index is 0.000216. The van der Waals surface area contributed by atoms with Gasteiger partial charge in [-0.25, -0.2) is 0 Å². The number of methoxy groups -OCH3 is 1. The Hall–Kier alpha value is -0.700. The molecule has 0 radical (unpaired) electrons. The molecule has 1 saturated carbocycles. The highest BCUT2D eigenvalue weighted by Gasteiger charge is 2.42. The smallest absolute Gasteiger partial charge is 0.273 e. The van der Waals surface area contributed by atoms with E-state index in [0.717, 1.165) is 6.42 Å². The Balaban J connectivity index is 2.00. The number of benzene rings is 1. The third-order valence-electron chi connectivity index (χ3n) is 3.18. The molecule has 0 saturated heterocycles. The van der Waals surface area contributed by atoms with E-state index in [2.05, 4.69) is 31.9 Å². The van der Waals surface area contributed by atoms with Crippen LogP contribution in [0.15, 0.2) is 22.7 Å². The number of alkyl halides is 1. The Morgan fingerprint density at radius 1 is 1.43 bits per heavy atom. The van der Waals surface area contributed by atoms with E-state index in [1.54, 1.807) is 13.2 Å². The Morgan fingerprint density at radius 3 is 2.81 bits per heavy atom. The summed E-state index contributed by atoms with van der Waals surface area (Å²) in [6, 6.07) is 4.45. The molecule has 6 nitrogen and oxygen atoms in total. The Morgan fingerprint density at radius 2 is 2.19 bits per heavy atom. The van der Waals surface area contributed by atoms with Gasteiger partial charge in [-0.15, -0.1) is 0 Å². The van der Waals surface area contributed by atoms with E-state index in [0.29, 0.717) is 23.4 Å². The molecule has 0 bridgehead atoms. The summed E-state index contributed by atoms with van der Waals surface area (Å²) in [5.41, 5.74) is -0.000216. The second-order valence-electron chi connectivity index (χ2n) is 4.61. The highest BCUT2D eigenvalue weighted by molar-refractivity contribution is 9.10. The number of halogens is 2. The maximum atomic E-state index is 10.8. The third kappa shape index (κ3) is 4.15. The molecule has 116 valence electrons. The molecule has 21 heavy (non-hydrogen) atoms. The van der Waals surface area contributed by atoms with Crippen LogP contribution in [0.2, 0.25) is 0 Å². The molecule has 0 aromatic heterocycles. The van der Waals surface area contributed by atoms with E-state index in [9.17, 15) is 10.1 Å². The lowest BCUT2D eigenvalue weighted by molar-refractivity contribution is -0.385. The van der Waals surface area contributed by atoms with Crippen molar-refractivity contribution < 1.29 is 19.1 Å². The zero-order valence-electron chi connectivity index (χ0n) is 11.3. The van der Waals surface area contributed by atoms with Gasteiger partial charge in [0, 0.05) is 24.4 Å². The molecule has 3 unspecified atom stereocenters. The first-order chi connectivity index (χ1) is 10.0. The Labute approximate surface area is 139 Å². The van der Waals surface area contributed by atoms with Crippen LogP contribution in [0.1, 0.15) is 6.42 Å². The van der Waals surface area contributed by atoms with Crippen LogP contribution < -0.4 is 4.74 Å². The van der Waals surface area contributed by atoms with Crippen LogP contribution in [0.3, 0.4) is 0 Å². The van der Waals surface area contributed by atoms with Crippen LogP contribution in [0, 0.1) is 10.1 Å². The van der Waals surface area contributed by atoms with Crippen molar-refractivity contribution >= 4 is 37.5 Å². The molecular weight excluding hydrogens is 410 g/mol. The summed E-state index contributed by atoms with van der Waals surface area (Å²) in [5, 5.41) is 10.8. The normalized spacial score (nSPS) is 24.4. The fraction of sp³-hybridized carbons (Fsp3) is 0.538. The number of ether oxygens (including phenoxy) is 3. The van der Waals surface area contributed by atoms with E-state index >= 15 is 0 Å². The Bertz CT molecular complexity index is 513. The Kier molecular flexibility index (Phi) is 5.98. The molecule has 1 aliphatic carbocycles. The van der Waals surface area contributed by atoms with E-state index in [1.807, 2.05) is 0 Å². The van der Waals surface area contributed by atoms with Crippen molar-refractivity contribution in [2.24, 2.45) is 0 Å².